The van der Waals surface area contributed by atoms with Gasteiger partial charge in [0, 0.05) is 15.5 Å². The number of hydrogen-bond acceptors (Lipinski definition) is 4. The lowest BCUT2D eigenvalue weighted by Gasteiger charge is -2.09. The van der Waals surface area contributed by atoms with Crippen molar-refractivity contribution in [2.45, 2.75) is 22.8 Å². The lowest BCUT2D eigenvalue weighted by molar-refractivity contribution is -0.117. The molecule has 0 bridgehead atoms. The summed E-state index contributed by atoms with van der Waals surface area (Å²) in [5.41, 5.74) is 6.08. The fourth-order valence-corrected chi connectivity index (χ4v) is 2.93. The molecule has 2 atom stereocenters. The number of nitrogens with two attached hydrogens (primary N) is 1. The zero-order valence-electron chi connectivity index (χ0n) is 12.4. The van der Waals surface area contributed by atoms with Gasteiger partial charge in [-0.15, -0.1) is 0 Å². The number of amides is 1. The fourth-order valence-electron chi connectivity index (χ4n) is 1.80. The maximum absolute atomic E-state index is 12.6. The number of carbonyl (C=O) groups is 1. The SMILES string of the molecule is COc1cccc(S(=O)c2cccc(NC(=O)C(C)N)c2)c1. The van der Waals surface area contributed by atoms with Gasteiger partial charge in [0.15, 0.2) is 0 Å². The minimum Gasteiger partial charge on any atom is -0.497 e. The smallest absolute Gasteiger partial charge is 0.240 e. The van der Waals surface area contributed by atoms with Gasteiger partial charge in [0.1, 0.15) is 5.75 Å². The van der Waals surface area contributed by atoms with Crippen LogP contribution in [0.3, 0.4) is 0 Å². The van der Waals surface area contributed by atoms with Crippen LogP contribution in [-0.4, -0.2) is 23.3 Å². The van der Waals surface area contributed by atoms with Crippen LogP contribution in [0.4, 0.5) is 5.69 Å². The van der Waals surface area contributed by atoms with E-state index in [0.717, 1.165) is 0 Å². The normalized spacial score (nSPS) is 13.2. The van der Waals surface area contributed by atoms with Crippen molar-refractivity contribution in [1.29, 1.82) is 0 Å². The average molecular weight is 318 g/mol. The Kier molecular flexibility index (Phi) is 5.30. The first-order valence-electron chi connectivity index (χ1n) is 6.73. The zero-order valence-corrected chi connectivity index (χ0v) is 13.2. The summed E-state index contributed by atoms with van der Waals surface area (Å²) in [7, 11) is 0.205. The predicted molar refractivity (Wildman–Crippen MR) is 86.4 cm³/mol. The highest BCUT2D eigenvalue weighted by Crippen LogP contribution is 2.22. The number of ether oxygens (including phenoxy) is 1. The Bertz CT molecular complexity index is 701. The Morgan fingerprint density at radius 1 is 1.18 bits per heavy atom. The van der Waals surface area contributed by atoms with Crippen molar-refractivity contribution >= 4 is 22.4 Å². The largest absolute Gasteiger partial charge is 0.497 e. The number of carbonyl (C=O) groups excluding carboxylic acids is 1. The Hall–Kier alpha value is -2.18. The first kappa shape index (κ1) is 16.2. The Morgan fingerprint density at radius 2 is 1.82 bits per heavy atom. The van der Waals surface area contributed by atoms with Crippen LogP contribution in [0, 0.1) is 0 Å². The van der Waals surface area contributed by atoms with Crippen LogP contribution in [0.2, 0.25) is 0 Å². The second kappa shape index (κ2) is 7.20. The van der Waals surface area contributed by atoms with Crippen molar-refractivity contribution in [2.75, 3.05) is 12.4 Å². The van der Waals surface area contributed by atoms with Gasteiger partial charge in [0.2, 0.25) is 5.91 Å². The molecule has 2 rings (SSSR count). The molecule has 2 aromatic rings. The highest BCUT2D eigenvalue weighted by atomic mass is 32.2. The highest BCUT2D eigenvalue weighted by molar-refractivity contribution is 7.85. The maximum Gasteiger partial charge on any atom is 0.240 e. The van der Waals surface area contributed by atoms with Crippen molar-refractivity contribution in [3.05, 3.63) is 48.5 Å². The topological polar surface area (TPSA) is 81.4 Å². The Balaban J connectivity index is 2.25. The zero-order chi connectivity index (χ0) is 16.1. The Morgan fingerprint density at radius 3 is 2.45 bits per heavy atom. The molecule has 0 aromatic heterocycles. The van der Waals surface area contributed by atoms with Gasteiger partial charge >= 0.3 is 0 Å². The first-order chi connectivity index (χ1) is 10.5. The average Bonchev–Trinajstić information content (AvgIpc) is 2.54. The van der Waals surface area contributed by atoms with Crippen molar-refractivity contribution in [3.63, 3.8) is 0 Å². The van der Waals surface area contributed by atoms with E-state index in [0.29, 0.717) is 21.2 Å². The highest BCUT2D eigenvalue weighted by Gasteiger charge is 2.11. The first-order valence-corrected chi connectivity index (χ1v) is 7.88. The quantitative estimate of drug-likeness (QED) is 0.885. The molecule has 0 aliphatic heterocycles. The van der Waals surface area contributed by atoms with E-state index in [9.17, 15) is 9.00 Å². The molecule has 116 valence electrons. The molecule has 0 radical (unpaired) electrons. The molecule has 2 unspecified atom stereocenters. The molecule has 2 aromatic carbocycles. The van der Waals surface area contributed by atoms with Gasteiger partial charge in [-0.05, 0) is 43.3 Å². The van der Waals surface area contributed by atoms with E-state index in [1.54, 1.807) is 62.6 Å². The summed E-state index contributed by atoms with van der Waals surface area (Å²) in [5, 5.41) is 2.69. The molecule has 22 heavy (non-hydrogen) atoms. The second-order valence-corrected chi connectivity index (χ2v) is 6.23. The van der Waals surface area contributed by atoms with E-state index in [-0.39, 0.29) is 5.91 Å². The van der Waals surface area contributed by atoms with E-state index in [2.05, 4.69) is 5.32 Å². The summed E-state index contributed by atoms with van der Waals surface area (Å²) in [6.45, 7) is 1.60. The van der Waals surface area contributed by atoms with Crippen LogP contribution in [0.25, 0.3) is 0 Å². The minimum absolute atomic E-state index is 0.288. The van der Waals surface area contributed by atoms with Crippen LogP contribution >= 0.6 is 0 Å². The summed E-state index contributed by atoms with van der Waals surface area (Å²) >= 11 is 0. The molecule has 0 fully saturated rings. The number of benzene rings is 2. The molecule has 6 heteroatoms. The van der Waals surface area contributed by atoms with Crippen LogP contribution in [0.15, 0.2) is 58.3 Å². The number of methoxy groups -OCH3 is 1. The molecular weight excluding hydrogens is 300 g/mol. The summed E-state index contributed by atoms with van der Waals surface area (Å²) in [4.78, 5) is 12.8. The van der Waals surface area contributed by atoms with Crippen molar-refractivity contribution in [2.24, 2.45) is 5.73 Å². The molecule has 0 spiro atoms. The number of nitrogens with one attached hydrogen (secondary N) is 1. The summed E-state index contributed by atoms with van der Waals surface area (Å²) in [6.07, 6.45) is 0. The van der Waals surface area contributed by atoms with Gasteiger partial charge in [0.05, 0.1) is 24.0 Å². The fraction of sp³-hybridized carbons (Fsp3) is 0.188. The van der Waals surface area contributed by atoms with Gasteiger partial charge in [-0.1, -0.05) is 12.1 Å². The molecule has 0 heterocycles. The molecule has 3 N–H and O–H groups in total. The molecular formula is C16H18N2O3S. The van der Waals surface area contributed by atoms with Gasteiger partial charge in [-0.3, -0.25) is 4.79 Å². The minimum atomic E-state index is -1.36. The number of hydrogen-bond donors (Lipinski definition) is 2. The van der Waals surface area contributed by atoms with Gasteiger partial charge in [-0.2, -0.15) is 0 Å². The van der Waals surface area contributed by atoms with Crippen molar-refractivity contribution in [1.82, 2.24) is 0 Å². The van der Waals surface area contributed by atoms with Crippen LogP contribution < -0.4 is 15.8 Å². The lowest BCUT2D eigenvalue weighted by atomic mass is 10.3. The summed E-state index contributed by atoms with van der Waals surface area (Å²) in [5.74, 6) is 0.358. The van der Waals surface area contributed by atoms with Crippen LogP contribution in [-0.2, 0) is 15.6 Å². The van der Waals surface area contributed by atoms with Crippen LogP contribution in [0.1, 0.15) is 6.92 Å². The molecule has 0 aliphatic rings. The van der Waals surface area contributed by atoms with E-state index >= 15 is 0 Å². The third-order valence-corrected chi connectivity index (χ3v) is 4.35. The molecule has 0 saturated heterocycles. The van der Waals surface area contributed by atoms with Gasteiger partial charge in [0.25, 0.3) is 0 Å². The lowest BCUT2D eigenvalue weighted by Crippen LogP contribution is -2.32. The van der Waals surface area contributed by atoms with Crippen molar-refractivity contribution < 1.29 is 13.7 Å². The third-order valence-electron chi connectivity index (χ3n) is 2.98. The predicted octanol–water partition coefficient (Wildman–Crippen LogP) is 2.15. The van der Waals surface area contributed by atoms with E-state index in [4.69, 9.17) is 10.5 Å². The summed E-state index contributed by atoms with van der Waals surface area (Å²) < 4.78 is 17.7. The maximum atomic E-state index is 12.6. The molecule has 0 aliphatic carbocycles. The standard InChI is InChI=1S/C16H18N2O3S/c1-11(17)16(19)18-12-5-3-7-14(9-12)22(20)15-8-4-6-13(10-15)21-2/h3-11H,17H2,1-2H3,(H,18,19). The molecule has 0 saturated carbocycles. The van der Waals surface area contributed by atoms with Gasteiger partial charge < -0.3 is 15.8 Å². The van der Waals surface area contributed by atoms with Crippen LogP contribution in [0.5, 0.6) is 5.75 Å². The molecule has 1 amide bonds. The monoisotopic (exact) mass is 318 g/mol. The van der Waals surface area contributed by atoms with E-state index in [1.807, 2.05) is 0 Å². The van der Waals surface area contributed by atoms with Gasteiger partial charge in [-0.25, -0.2) is 4.21 Å². The number of anilines is 1. The van der Waals surface area contributed by atoms with Crippen molar-refractivity contribution in [3.8, 4) is 5.75 Å². The molecule has 5 nitrogen and oxygen atoms in total. The summed E-state index contributed by atoms with van der Waals surface area (Å²) in [6, 6.07) is 13.4. The Labute approximate surface area is 131 Å². The van der Waals surface area contributed by atoms with E-state index in [1.165, 1.54) is 0 Å². The van der Waals surface area contributed by atoms with E-state index < -0.39 is 16.8 Å². The number of rotatable bonds is 5. The second-order valence-electron chi connectivity index (χ2n) is 4.75. The third kappa shape index (κ3) is 3.93.